The van der Waals surface area contributed by atoms with Gasteiger partial charge in [0.25, 0.3) is 0 Å². The molecule has 0 bridgehead atoms. The first-order valence-electron chi connectivity index (χ1n) is 9.18. The number of hydrogen-bond acceptors (Lipinski definition) is 8. The number of hydroxylamine groups is 3. The number of nitrogens with zero attached hydrogens (tertiary/aromatic N) is 1. The molecule has 3 aliphatic heterocycles. The van der Waals surface area contributed by atoms with Gasteiger partial charge in [-0.05, 0) is 18.9 Å². The van der Waals surface area contributed by atoms with Crippen molar-refractivity contribution in [2.24, 2.45) is 11.8 Å². The maximum atomic E-state index is 13.0. The Labute approximate surface area is 157 Å². The summed E-state index contributed by atoms with van der Waals surface area (Å²) in [6.07, 6.45) is 1.33. The summed E-state index contributed by atoms with van der Waals surface area (Å²) in [5.74, 6) is -3.91. The molecular weight excluding hydrogens is 358 g/mol. The lowest BCUT2D eigenvalue weighted by Crippen LogP contribution is -2.66. The van der Waals surface area contributed by atoms with Crippen LogP contribution in [0.5, 0.6) is 0 Å². The van der Waals surface area contributed by atoms with E-state index in [9.17, 15) is 30.1 Å². The number of rotatable bonds is 2. The van der Waals surface area contributed by atoms with E-state index in [-0.39, 0.29) is 19.7 Å². The van der Waals surface area contributed by atoms with Crippen molar-refractivity contribution < 1.29 is 39.0 Å². The molecular formula is C18H27NO8. The van der Waals surface area contributed by atoms with Gasteiger partial charge in [-0.3, -0.25) is 4.79 Å². The minimum atomic E-state index is -2.72. The van der Waals surface area contributed by atoms with Crippen LogP contribution in [0.1, 0.15) is 27.2 Å². The molecule has 0 saturated carbocycles. The third-order valence-electron chi connectivity index (χ3n) is 6.26. The van der Waals surface area contributed by atoms with Gasteiger partial charge in [0.15, 0.2) is 12.1 Å². The highest BCUT2D eigenvalue weighted by Crippen LogP contribution is 2.42. The van der Waals surface area contributed by atoms with Gasteiger partial charge in [0.1, 0.15) is 12.2 Å². The lowest BCUT2D eigenvalue weighted by atomic mass is 9.70. The summed E-state index contributed by atoms with van der Waals surface area (Å²) in [4.78, 5) is 25.5. The largest absolute Gasteiger partial charge is 0.632 e. The molecule has 0 aliphatic carbocycles. The zero-order valence-electron chi connectivity index (χ0n) is 15.8. The Morgan fingerprint density at radius 3 is 2.63 bits per heavy atom. The SMILES string of the molecule is CC(C)[C@H]1C(=O)O[C@@H]2CC[N+]3([O-])CC=C(COC(=O)[C@@](O)(CO)[C@]1(C)O)[C@H]23. The van der Waals surface area contributed by atoms with Crippen LogP contribution in [0.25, 0.3) is 0 Å². The highest BCUT2D eigenvalue weighted by atomic mass is 16.6. The van der Waals surface area contributed by atoms with Gasteiger partial charge in [-0.1, -0.05) is 13.8 Å². The van der Waals surface area contributed by atoms with Crippen molar-refractivity contribution in [1.82, 2.24) is 0 Å². The monoisotopic (exact) mass is 385 g/mol. The number of hydrogen-bond donors (Lipinski definition) is 3. The molecule has 2 fully saturated rings. The Balaban J connectivity index is 2.07. The Morgan fingerprint density at radius 1 is 1.37 bits per heavy atom. The molecule has 2 saturated heterocycles. The first kappa shape index (κ1) is 20.2. The molecule has 1 unspecified atom stereocenters. The lowest BCUT2D eigenvalue weighted by molar-refractivity contribution is -0.877. The van der Waals surface area contributed by atoms with Gasteiger partial charge in [-0.15, -0.1) is 0 Å². The molecule has 0 aromatic carbocycles. The second-order valence-corrected chi connectivity index (χ2v) is 8.31. The molecule has 0 amide bonds. The fraction of sp³-hybridized carbons (Fsp3) is 0.778. The van der Waals surface area contributed by atoms with Gasteiger partial charge in [0.2, 0.25) is 5.60 Å². The molecule has 6 atom stereocenters. The van der Waals surface area contributed by atoms with E-state index in [1.165, 1.54) is 0 Å². The van der Waals surface area contributed by atoms with Crippen LogP contribution in [0.3, 0.4) is 0 Å². The Morgan fingerprint density at radius 2 is 2.04 bits per heavy atom. The Hall–Kier alpha value is -1.52. The van der Waals surface area contributed by atoms with Crippen LogP contribution in [0.2, 0.25) is 0 Å². The van der Waals surface area contributed by atoms with Gasteiger partial charge in [-0.2, -0.15) is 0 Å². The van der Waals surface area contributed by atoms with Gasteiger partial charge >= 0.3 is 11.9 Å². The molecule has 0 aromatic heterocycles. The summed E-state index contributed by atoms with van der Waals surface area (Å²) in [5, 5.41) is 44.4. The number of quaternary nitrogens is 1. The number of aliphatic hydroxyl groups excluding tert-OH is 1. The van der Waals surface area contributed by atoms with Crippen molar-refractivity contribution in [2.75, 3.05) is 26.3 Å². The molecule has 0 radical (unpaired) electrons. The van der Waals surface area contributed by atoms with E-state index < -0.39 is 58.4 Å². The molecule has 0 aromatic rings. The minimum Gasteiger partial charge on any atom is -0.632 e. The van der Waals surface area contributed by atoms with Crippen molar-refractivity contribution in [2.45, 2.75) is 50.5 Å². The van der Waals surface area contributed by atoms with Crippen molar-refractivity contribution >= 4 is 11.9 Å². The predicted molar refractivity (Wildman–Crippen MR) is 91.7 cm³/mol. The highest BCUT2D eigenvalue weighted by molar-refractivity contribution is 5.84. The molecule has 3 aliphatic rings. The van der Waals surface area contributed by atoms with E-state index in [0.29, 0.717) is 12.0 Å². The van der Waals surface area contributed by atoms with Crippen molar-refractivity contribution in [3.8, 4) is 0 Å². The zero-order chi connectivity index (χ0) is 20.2. The second-order valence-electron chi connectivity index (χ2n) is 8.31. The third kappa shape index (κ3) is 2.89. The predicted octanol–water partition coefficient (Wildman–Crippen LogP) is -0.771. The normalized spacial score (nSPS) is 45.0. The van der Waals surface area contributed by atoms with Gasteiger partial charge in [-0.25, -0.2) is 4.79 Å². The van der Waals surface area contributed by atoms with Gasteiger partial charge in [0.05, 0.1) is 25.6 Å². The van der Waals surface area contributed by atoms with Crippen LogP contribution in [0.4, 0.5) is 0 Å². The minimum absolute atomic E-state index is 0.196. The number of aliphatic hydroxyl groups is 3. The summed E-state index contributed by atoms with van der Waals surface area (Å²) in [7, 11) is 0. The summed E-state index contributed by atoms with van der Waals surface area (Å²) < 4.78 is 10.2. The van der Waals surface area contributed by atoms with Gasteiger partial charge < -0.3 is 34.6 Å². The average molecular weight is 385 g/mol. The number of carbonyl (C=O) groups is 2. The second kappa shape index (κ2) is 6.52. The molecule has 9 nitrogen and oxygen atoms in total. The number of esters is 2. The highest BCUT2D eigenvalue weighted by Gasteiger charge is 2.61. The fourth-order valence-electron chi connectivity index (χ4n) is 4.68. The van der Waals surface area contributed by atoms with Gasteiger partial charge in [0, 0.05) is 12.0 Å². The van der Waals surface area contributed by atoms with Crippen molar-refractivity contribution in [3.63, 3.8) is 0 Å². The molecule has 152 valence electrons. The summed E-state index contributed by atoms with van der Waals surface area (Å²) in [6, 6.07) is -0.667. The van der Waals surface area contributed by atoms with E-state index in [0.717, 1.165) is 6.92 Å². The third-order valence-corrected chi connectivity index (χ3v) is 6.26. The van der Waals surface area contributed by atoms with E-state index >= 15 is 0 Å². The number of cyclic esters (lactones) is 1. The van der Waals surface area contributed by atoms with Crippen LogP contribution in [0, 0.1) is 17.0 Å². The zero-order valence-corrected chi connectivity index (χ0v) is 15.8. The Kier molecular flexibility index (Phi) is 4.89. The average Bonchev–Trinajstić information content (AvgIpc) is 3.06. The summed E-state index contributed by atoms with van der Waals surface area (Å²) in [6.45, 7) is 3.44. The van der Waals surface area contributed by atoms with Crippen LogP contribution in [0.15, 0.2) is 11.6 Å². The van der Waals surface area contributed by atoms with Crippen LogP contribution in [-0.2, 0) is 19.1 Å². The summed E-state index contributed by atoms with van der Waals surface area (Å²) in [5.41, 5.74) is -4.54. The first-order chi connectivity index (χ1) is 12.5. The van der Waals surface area contributed by atoms with E-state index in [2.05, 4.69) is 0 Å². The quantitative estimate of drug-likeness (QED) is 0.244. The molecule has 3 N–H and O–H groups in total. The summed E-state index contributed by atoms with van der Waals surface area (Å²) >= 11 is 0. The molecule has 0 spiro atoms. The maximum absolute atomic E-state index is 13.0. The van der Waals surface area contributed by atoms with E-state index in [1.807, 2.05) is 0 Å². The Bertz CT molecular complexity index is 674. The standard InChI is InChI=1S/C18H27NO8/c1-10(2)13-15(21)27-12-5-7-19(25)6-4-11(14(12)19)8-26-16(22)18(24,9-20)17(13,3)23/h4,10,12-14,20,23-24H,5-9H2,1-3H3/t12-,13+,14-,17-,18+,19?/m1/s1. The van der Waals surface area contributed by atoms with Crippen LogP contribution >= 0.6 is 0 Å². The fourth-order valence-corrected chi connectivity index (χ4v) is 4.68. The van der Waals surface area contributed by atoms with E-state index in [1.54, 1.807) is 19.9 Å². The van der Waals surface area contributed by atoms with E-state index in [4.69, 9.17) is 9.47 Å². The van der Waals surface area contributed by atoms with Crippen molar-refractivity contribution in [1.29, 1.82) is 0 Å². The molecule has 3 rings (SSSR count). The molecule has 9 heteroatoms. The lowest BCUT2D eigenvalue weighted by Gasteiger charge is -2.43. The number of carbonyl (C=O) groups excluding carboxylic acids is 2. The number of ether oxygens (including phenoxy) is 2. The topological polar surface area (TPSA) is 136 Å². The van der Waals surface area contributed by atoms with Crippen molar-refractivity contribution in [3.05, 3.63) is 16.9 Å². The first-order valence-corrected chi connectivity index (χ1v) is 9.18. The smallest absolute Gasteiger partial charge is 0.344 e. The molecule has 3 heterocycles. The maximum Gasteiger partial charge on any atom is 0.344 e. The molecule has 27 heavy (non-hydrogen) atoms. The van der Waals surface area contributed by atoms with Crippen LogP contribution in [-0.4, -0.2) is 81.6 Å². The van der Waals surface area contributed by atoms with Crippen LogP contribution < -0.4 is 0 Å².